The summed E-state index contributed by atoms with van der Waals surface area (Å²) in [7, 11) is 0. The van der Waals surface area contributed by atoms with Gasteiger partial charge in [0, 0.05) is 12.4 Å². The summed E-state index contributed by atoms with van der Waals surface area (Å²) in [6, 6.07) is 5.34. The molecular formula is C9H6Cl2N2O. The van der Waals surface area contributed by atoms with Crippen LogP contribution in [0.4, 0.5) is 0 Å². The molecule has 2 heterocycles. The number of nitrogens with zero attached hydrogens (tertiary/aromatic N) is 2. The van der Waals surface area contributed by atoms with E-state index in [2.05, 4.69) is 4.98 Å². The van der Waals surface area contributed by atoms with Crippen molar-refractivity contribution < 1.29 is 5.11 Å². The van der Waals surface area contributed by atoms with Crippen molar-refractivity contribution in [2.75, 3.05) is 0 Å². The normalized spacial score (nSPS) is 10.4. The van der Waals surface area contributed by atoms with E-state index in [-0.39, 0.29) is 10.9 Å². The van der Waals surface area contributed by atoms with Crippen molar-refractivity contribution in [3.63, 3.8) is 0 Å². The molecule has 0 bridgehead atoms. The van der Waals surface area contributed by atoms with Gasteiger partial charge in [-0.25, -0.2) is 4.98 Å². The fourth-order valence-electron chi connectivity index (χ4n) is 1.11. The van der Waals surface area contributed by atoms with Gasteiger partial charge < -0.3 is 5.11 Å². The van der Waals surface area contributed by atoms with Gasteiger partial charge in [0.25, 0.3) is 0 Å². The van der Waals surface area contributed by atoms with Crippen molar-refractivity contribution in [3.05, 3.63) is 40.6 Å². The molecule has 0 fully saturated rings. The Morgan fingerprint density at radius 3 is 2.57 bits per heavy atom. The molecule has 0 spiro atoms. The van der Waals surface area contributed by atoms with Crippen LogP contribution in [0.3, 0.4) is 0 Å². The number of aromatic nitrogens is 2. The van der Waals surface area contributed by atoms with Crippen LogP contribution < -0.4 is 0 Å². The second kappa shape index (κ2) is 3.52. The molecule has 0 saturated heterocycles. The van der Waals surface area contributed by atoms with Crippen molar-refractivity contribution in [1.82, 2.24) is 9.55 Å². The van der Waals surface area contributed by atoms with Crippen molar-refractivity contribution in [2.45, 2.75) is 0 Å². The molecule has 0 atom stereocenters. The number of rotatable bonds is 1. The van der Waals surface area contributed by atoms with E-state index in [0.717, 1.165) is 0 Å². The first-order chi connectivity index (χ1) is 6.70. The summed E-state index contributed by atoms with van der Waals surface area (Å²) in [5, 5.41) is 10.0. The zero-order valence-corrected chi connectivity index (χ0v) is 8.50. The van der Waals surface area contributed by atoms with Gasteiger partial charge in [-0.1, -0.05) is 29.3 Å². The highest BCUT2D eigenvalue weighted by Gasteiger charge is 2.12. The Morgan fingerprint density at radius 1 is 1.29 bits per heavy atom. The molecule has 0 amide bonds. The minimum atomic E-state index is -0.102. The standard InChI is InChI=1S/C9H6Cl2N2O/c10-6-5-13(9(14)8(6)11)7-3-1-2-4-12-7/h1-5,14H. The first kappa shape index (κ1) is 9.37. The van der Waals surface area contributed by atoms with Crippen LogP contribution in [0.15, 0.2) is 30.6 Å². The van der Waals surface area contributed by atoms with Crippen LogP contribution in [0.1, 0.15) is 0 Å². The molecule has 0 aliphatic heterocycles. The van der Waals surface area contributed by atoms with Crippen LogP contribution in [-0.2, 0) is 0 Å². The monoisotopic (exact) mass is 228 g/mol. The fraction of sp³-hybridized carbons (Fsp3) is 0. The van der Waals surface area contributed by atoms with E-state index in [1.807, 2.05) is 6.07 Å². The van der Waals surface area contributed by atoms with Crippen molar-refractivity contribution in [2.24, 2.45) is 0 Å². The van der Waals surface area contributed by atoms with E-state index in [4.69, 9.17) is 23.2 Å². The minimum absolute atomic E-state index is 0.102. The highest BCUT2D eigenvalue weighted by atomic mass is 35.5. The lowest BCUT2D eigenvalue weighted by molar-refractivity contribution is 0.442. The molecule has 0 saturated carbocycles. The second-order valence-electron chi connectivity index (χ2n) is 2.67. The third kappa shape index (κ3) is 1.45. The number of hydrogen-bond acceptors (Lipinski definition) is 2. The summed E-state index contributed by atoms with van der Waals surface area (Å²) in [5.74, 6) is 0.467. The van der Waals surface area contributed by atoms with Crippen molar-refractivity contribution in [3.8, 4) is 11.7 Å². The Hall–Kier alpha value is -1.19. The van der Waals surface area contributed by atoms with Gasteiger partial charge in [0.2, 0.25) is 5.88 Å². The third-order valence-corrected chi connectivity index (χ3v) is 2.53. The van der Waals surface area contributed by atoms with Crippen LogP contribution in [0, 0.1) is 0 Å². The van der Waals surface area contributed by atoms with E-state index in [0.29, 0.717) is 10.8 Å². The van der Waals surface area contributed by atoms with Crippen LogP contribution in [0.5, 0.6) is 5.88 Å². The lowest BCUT2D eigenvalue weighted by Crippen LogP contribution is -1.93. The summed E-state index contributed by atoms with van der Waals surface area (Å²) in [5.41, 5.74) is 0. The summed E-state index contributed by atoms with van der Waals surface area (Å²) in [4.78, 5) is 4.05. The fourth-order valence-corrected chi connectivity index (χ4v) is 1.44. The molecule has 2 rings (SSSR count). The van der Waals surface area contributed by atoms with Crippen molar-refractivity contribution in [1.29, 1.82) is 0 Å². The van der Waals surface area contributed by atoms with Crippen LogP contribution in [-0.4, -0.2) is 14.7 Å². The van der Waals surface area contributed by atoms with Gasteiger partial charge in [-0.3, -0.25) is 4.57 Å². The van der Waals surface area contributed by atoms with Gasteiger partial charge in [-0.2, -0.15) is 0 Å². The smallest absolute Gasteiger partial charge is 0.217 e. The summed E-state index contributed by atoms with van der Waals surface area (Å²) < 4.78 is 1.42. The number of hydrogen-bond donors (Lipinski definition) is 1. The van der Waals surface area contributed by atoms with Gasteiger partial charge in [0.1, 0.15) is 10.8 Å². The molecule has 0 aliphatic carbocycles. The topological polar surface area (TPSA) is 38.0 Å². The predicted octanol–water partition coefficient (Wildman–Crippen LogP) is 2.88. The second-order valence-corrected chi connectivity index (χ2v) is 3.46. The Labute approximate surface area is 90.5 Å². The summed E-state index contributed by atoms with van der Waals surface area (Å²) in [6.45, 7) is 0. The Morgan fingerprint density at radius 2 is 2.07 bits per heavy atom. The van der Waals surface area contributed by atoms with E-state index in [9.17, 15) is 5.11 Å². The first-order valence-electron chi connectivity index (χ1n) is 3.87. The lowest BCUT2D eigenvalue weighted by Gasteiger charge is -2.01. The number of aromatic hydroxyl groups is 1. The number of pyridine rings is 1. The van der Waals surface area contributed by atoms with Gasteiger partial charge in [0.05, 0.1) is 5.02 Å². The van der Waals surface area contributed by atoms with Gasteiger partial charge >= 0.3 is 0 Å². The summed E-state index contributed by atoms with van der Waals surface area (Å²) in [6.07, 6.45) is 3.14. The Balaban J connectivity index is 2.58. The van der Waals surface area contributed by atoms with Crippen LogP contribution in [0.2, 0.25) is 10.0 Å². The summed E-state index contributed by atoms with van der Waals surface area (Å²) >= 11 is 11.5. The molecule has 0 aliphatic rings. The predicted molar refractivity (Wildman–Crippen MR) is 55.2 cm³/mol. The van der Waals surface area contributed by atoms with E-state index in [1.165, 1.54) is 10.8 Å². The lowest BCUT2D eigenvalue weighted by atomic mass is 10.4. The maximum absolute atomic E-state index is 9.58. The maximum atomic E-state index is 9.58. The molecule has 3 nitrogen and oxygen atoms in total. The Kier molecular flexibility index (Phi) is 2.35. The largest absolute Gasteiger partial charge is 0.493 e. The highest BCUT2D eigenvalue weighted by molar-refractivity contribution is 6.43. The molecule has 5 heteroatoms. The highest BCUT2D eigenvalue weighted by Crippen LogP contribution is 2.34. The molecule has 2 aromatic heterocycles. The molecular weight excluding hydrogens is 223 g/mol. The molecule has 1 N–H and O–H groups in total. The van der Waals surface area contributed by atoms with E-state index >= 15 is 0 Å². The molecule has 72 valence electrons. The minimum Gasteiger partial charge on any atom is -0.493 e. The molecule has 2 aromatic rings. The Bertz CT molecular complexity index is 453. The average Bonchev–Trinajstić information content (AvgIpc) is 2.47. The van der Waals surface area contributed by atoms with Gasteiger partial charge in [-0.05, 0) is 12.1 Å². The molecule has 0 radical (unpaired) electrons. The zero-order chi connectivity index (χ0) is 10.1. The van der Waals surface area contributed by atoms with Gasteiger partial charge in [0.15, 0.2) is 0 Å². The molecule has 0 aromatic carbocycles. The molecule has 0 unspecified atom stereocenters. The number of halogens is 2. The quantitative estimate of drug-likeness (QED) is 0.816. The first-order valence-corrected chi connectivity index (χ1v) is 4.62. The third-order valence-electron chi connectivity index (χ3n) is 1.77. The maximum Gasteiger partial charge on any atom is 0.217 e. The van der Waals surface area contributed by atoms with E-state index < -0.39 is 0 Å². The molecule has 14 heavy (non-hydrogen) atoms. The van der Waals surface area contributed by atoms with Crippen LogP contribution in [0.25, 0.3) is 5.82 Å². The van der Waals surface area contributed by atoms with Crippen LogP contribution >= 0.6 is 23.2 Å². The van der Waals surface area contributed by atoms with E-state index in [1.54, 1.807) is 18.3 Å². The SMILES string of the molecule is Oc1c(Cl)c(Cl)cn1-c1ccccn1. The van der Waals surface area contributed by atoms with Crippen molar-refractivity contribution >= 4 is 23.2 Å². The van der Waals surface area contributed by atoms with Gasteiger partial charge in [-0.15, -0.1) is 0 Å². The zero-order valence-electron chi connectivity index (χ0n) is 6.98. The average molecular weight is 229 g/mol.